The van der Waals surface area contributed by atoms with Gasteiger partial charge in [-0.2, -0.15) is 0 Å². The molecule has 74 valence electrons. The van der Waals surface area contributed by atoms with Gasteiger partial charge in [0.1, 0.15) is 6.10 Å². The lowest BCUT2D eigenvalue weighted by molar-refractivity contribution is 0.308. The molecule has 2 nitrogen and oxygen atoms in total. The third kappa shape index (κ3) is 2.99. The zero-order valence-electron chi connectivity index (χ0n) is 8.19. The number of terminal acetylenes is 1. The molecule has 1 rings (SSSR count). The van der Waals surface area contributed by atoms with E-state index in [0.717, 1.165) is 5.56 Å². The summed E-state index contributed by atoms with van der Waals surface area (Å²) in [6.07, 6.45) is 4.68. The van der Waals surface area contributed by atoms with Crippen molar-refractivity contribution < 1.29 is 8.39 Å². The minimum atomic E-state index is -1.46. The molecule has 0 fully saturated rings. The van der Waals surface area contributed by atoms with Crippen LogP contribution in [-0.2, 0) is 15.3 Å². The van der Waals surface area contributed by atoms with E-state index in [1.165, 1.54) is 0 Å². The zero-order valence-corrected chi connectivity index (χ0v) is 9.01. The van der Waals surface area contributed by atoms with E-state index in [1.54, 1.807) is 19.1 Å². The average Bonchev–Trinajstić information content (AvgIpc) is 2.18. The van der Waals surface area contributed by atoms with Crippen LogP contribution < -0.4 is 0 Å². The molecule has 0 unspecified atom stereocenters. The highest BCUT2D eigenvalue weighted by Gasteiger charge is 2.07. The van der Waals surface area contributed by atoms with Gasteiger partial charge in [-0.3, -0.25) is 4.18 Å². The van der Waals surface area contributed by atoms with Gasteiger partial charge < -0.3 is 0 Å². The SMILES string of the molecule is C#C[C@@H](C)O[S@@](=O)c1ccc(C)cc1. The van der Waals surface area contributed by atoms with Crippen molar-refractivity contribution in [2.75, 3.05) is 0 Å². The first-order valence-corrected chi connectivity index (χ1v) is 5.32. The highest BCUT2D eigenvalue weighted by molar-refractivity contribution is 7.80. The van der Waals surface area contributed by atoms with E-state index >= 15 is 0 Å². The summed E-state index contributed by atoms with van der Waals surface area (Å²) in [5.74, 6) is 2.36. The summed E-state index contributed by atoms with van der Waals surface area (Å²) < 4.78 is 16.6. The highest BCUT2D eigenvalue weighted by atomic mass is 32.2. The van der Waals surface area contributed by atoms with E-state index < -0.39 is 17.2 Å². The standard InChI is InChI=1S/C11H12O2S/c1-4-10(3)13-14(12)11-7-5-9(2)6-8-11/h1,5-8,10H,2-3H3/t10-,14-/m1/s1. The van der Waals surface area contributed by atoms with E-state index in [9.17, 15) is 4.21 Å². The molecular formula is C11H12O2S. The second-order valence-electron chi connectivity index (χ2n) is 2.95. The monoisotopic (exact) mass is 208 g/mol. The van der Waals surface area contributed by atoms with Gasteiger partial charge in [-0.15, -0.1) is 6.42 Å². The molecule has 0 aliphatic rings. The van der Waals surface area contributed by atoms with Gasteiger partial charge in [0.05, 0.1) is 4.90 Å². The summed E-state index contributed by atoms with van der Waals surface area (Å²) >= 11 is -1.46. The molecule has 0 aliphatic carbocycles. The lowest BCUT2D eigenvalue weighted by Crippen LogP contribution is -2.07. The Morgan fingerprint density at radius 3 is 2.50 bits per heavy atom. The molecule has 0 bridgehead atoms. The molecule has 0 aliphatic heterocycles. The van der Waals surface area contributed by atoms with Gasteiger partial charge in [0.15, 0.2) is 11.1 Å². The molecule has 14 heavy (non-hydrogen) atoms. The van der Waals surface area contributed by atoms with Gasteiger partial charge in [0.2, 0.25) is 0 Å². The summed E-state index contributed by atoms with van der Waals surface area (Å²) in [5, 5.41) is 0. The first-order chi connectivity index (χ1) is 6.63. The van der Waals surface area contributed by atoms with Crippen molar-refractivity contribution in [3.63, 3.8) is 0 Å². The fourth-order valence-electron chi connectivity index (χ4n) is 0.864. The summed E-state index contributed by atoms with van der Waals surface area (Å²) in [6.45, 7) is 3.66. The summed E-state index contributed by atoms with van der Waals surface area (Å²) in [6, 6.07) is 7.32. The van der Waals surface area contributed by atoms with Crippen molar-refractivity contribution in [2.45, 2.75) is 24.8 Å². The quantitative estimate of drug-likeness (QED) is 0.711. The van der Waals surface area contributed by atoms with Crippen LogP contribution in [0.25, 0.3) is 0 Å². The smallest absolute Gasteiger partial charge is 0.190 e. The Hall–Kier alpha value is -1.11. The van der Waals surface area contributed by atoms with Crippen molar-refractivity contribution in [3.8, 4) is 12.3 Å². The number of hydrogen-bond acceptors (Lipinski definition) is 2. The fraction of sp³-hybridized carbons (Fsp3) is 0.273. The topological polar surface area (TPSA) is 26.3 Å². The van der Waals surface area contributed by atoms with Crippen LogP contribution in [0.1, 0.15) is 12.5 Å². The van der Waals surface area contributed by atoms with Crippen LogP contribution in [-0.4, -0.2) is 10.3 Å². The van der Waals surface area contributed by atoms with Crippen molar-refractivity contribution in [2.24, 2.45) is 0 Å². The van der Waals surface area contributed by atoms with Crippen molar-refractivity contribution in [1.82, 2.24) is 0 Å². The van der Waals surface area contributed by atoms with Crippen LogP contribution in [0, 0.1) is 19.3 Å². The van der Waals surface area contributed by atoms with Crippen LogP contribution in [0.2, 0.25) is 0 Å². The average molecular weight is 208 g/mol. The van der Waals surface area contributed by atoms with Crippen LogP contribution in [0.15, 0.2) is 29.2 Å². The van der Waals surface area contributed by atoms with E-state index in [-0.39, 0.29) is 0 Å². The van der Waals surface area contributed by atoms with Gasteiger partial charge in [-0.1, -0.05) is 23.6 Å². The molecule has 0 N–H and O–H groups in total. The first-order valence-electron chi connectivity index (χ1n) is 4.25. The van der Waals surface area contributed by atoms with Gasteiger partial charge in [0.25, 0.3) is 0 Å². The predicted molar refractivity (Wildman–Crippen MR) is 57.0 cm³/mol. The van der Waals surface area contributed by atoms with Crippen LogP contribution in [0.5, 0.6) is 0 Å². The fourth-order valence-corrected chi connectivity index (χ4v) is 1.65. The minimum Gasteiger partial charge on any atom is -0.271 e. The molecular weight excluding hydrogens is 196 g/mol. The molecule has 0 heterocycles. The Balaban J connectivity index is 2.71. The number of benzene rings is 1. The van der Waals surface area contributed by atoms with Crippen LogP contribution >= 0.6 is 0 Å². The normalized spacial score (nSPS) is 14.4. The number of rotatable bonds is 3. The molecule has 1 aromatic rings. The largest absolute Gasteiger partial charge is 0.271 e. The summed E-state index contributed by atoms with van der Waals surface area (Å²) in [5.41, 5.74) is 1.12. The Morgan fingerprint density at radius 1 is 1.43 bits per heavy atom. The molecule has 0 amide bonds. The predicted octanol–water partition coefficient (Wildman–Crippen LogP) is 2.06. The lowest BCUT2D eigenvalue weighted by atomic mass is 10.2. The van der Waals surface area contributed by atoms with Crippen molar-refractivity contribution >= 4 is 11.1 Å². The van der Waals surface area contributed by atoms with E-state index in [2.05, 4.69) is 5.92 Å². The lowest BCUT2D eigenvalue weighted by Gasteiger charge is -2.05. The maximum absolute atomic E-state index is 11.5. The highest BCUT2D eigenvalue weighted by Crippen LogP contribution is 2.10. The Bertz CT molecular complexity index is 362. The molecule has 0 aromatic heterocycles. The van der Waals surface area contributed by atoms with Crippen molar-refractivity contribution in [3.05, 3.63) is 29.8 Å². The molecule has 0 radical (unpaired) electrons. The van der Waals surface area contributed by atoms with Crippen LogP contribution in [0.3, 0.4) is 0 Å². The van der Waals surface area contributed by atoms with Gasteiger partial charge in [0, 0.05) is 0 Å². The van der Waals surface area contributed by atoms with E-state index in [4.69, 9.17) is 10.6 Å². The third-order valence-corrected chi connectivity index (χ3v) is 2.80. The molecule has 3 heteroatoms. The molecule has 0 saturated heterocycles. The summed E-state index contributed by atoms with van der Waals surface area (Å²) in [4.78, 5) is 0.637. The van der Waals surface area contributed by atoms with Gasteiger partial charge >= 0.3 is 0 Å². The maximum Gasteiger partial charge on any atom is 0.190 e. The first kappa shape index (κ1) is 11.0. The Labute approximate surface area is 87.0 Å². The third-order valence-electron chi connectivity index (χ3n) is 1.68. The second-order valence-corrected chi connectivity index (χ2v) is 4.09. The second kappa shape index (κ2) is 4.94. The molecule has 0 saturated carbocycles. The Kier molecular flexibility index (Phi) is 3.87. The molecule has 2 atom stereocenters. The van der Waals surface area contributed by atoms with E-state index in [0.29, 0.717) is 4.90 Å². The molecule has 1 aromatic carbocycles. The van der Waals surface area contributed by atoms with Crippen molar-refractivity contribution in [1.29, 1.82) is 0 Å². The maximum atomic E-state index is 11.5. The Morgan fingerprint density at radius 2 is 2.00 bits per heavy atom. The molecule has 0 spiro atoms. The zero-order chi connectivity index (χ0) is 10.6. The van der Waals surface area contributed by atoms with Gasteiger partial charge in [-0.25, -0.2) is 4.21 Å². The van der Waals surface area contributed by atoms with Crippen LogP contribution in [0.4, 0.5) is 0 Å². The van der Waals surface area contributed by atoms with Gasteiger partial charge in [-0.05, 0) is 26.0 Å². The van der Waals surface area contributed by atoms with E-state index in [1.807, 2.05) is 19.1 Å². The summed E-state index contributed by atoms with van der Waals surface area (Å²) in [7, 11) is 0. The number of hydrogen-bond donors (Lipinski definition) is 0. The minimum absolute atomic E-state index is 0.433. The number of aryl methyl sites for hydroxylation is 1.